The largest absolute Gasteiger partial charge is 0.493 e. The SMILES string of the molecule is COc1ccc(Cc2nc3ccc(C(=O)N4CCCOCC4)cc3o2)cc1OC. The average Bonchev–Trinajstić information content (AvgIpc) is 2.95. The Morgan fingerprint density at radius 2 is 1.93 bits per heavy atom. The Morgan fingerprint density at radius 3 is 2.76 bits per heavy atom. The minimum atomic E-state index is -0.00441. The van der Waals surface area contributed by atoms with Gasteiger partial charge in [0.2, 0.25) is 0 Å². The minimum absolute atomic E-state index is 0.00441. The Bertz CT molecular complexity index is 1010. The fraction of sp³-hybridized carbons (Fsp3) is 0.364. The maximum absolute atomic E-state index is 12.8. The number of hydrogen-bond acceptors (Lipinski definition) is 6. The molecule has 1 aliphatic heterocycles. The Kier molecular flexibility index (Phi) is 5.67. The third-order valence-electron chi connectivity index (χ3n) is 4.99. The third kappa shape index (κ3) is 4.19. The second-order valence-electron chi connectivity index (χ2n) is 6.91. The van der Waals surface area contributed by atoms with Crippen LogP contribution in [0.2, 0.25) is 0 Å². The molecule has 0 bridgehead atoms. The lowest BCUT2D eigenvalue weighted by atomic mass is 10.1. The molecule has 1 fully saturated rings. The second kappa shape index (κ2) is 8.53. The zero-order valence-electron chi connectivity index (χ0n) is 16.6. The van der Waals surface area contributed by atoms with Crippen molar-refractivity contribution >= 4 is 17.0 Å². The van der Waals surface area contributed by atoms with E-state index in [1.807, 2.05) is 29.2 Å². The molecule has 152 valence electrons. The molecule has 7 heteroatoms. The molecule has 2 heterocycles. The summed E-state index contributed by atoms with van der Waals surface area (Å²) in [6.07, 6.45) is 1.37. The van der Waals surface area contributed by atoms with E-state index >= 15 is 0 Å². The standard InChI is InChI=1S/C22H24N2O5/c1-26-18-7-4-15(12-20(18)27-2)13-21-23-17-6-5-16(14-19(17)29-21)22(25)24-8-3-10-28-11-9-24/h4-7,12,14H,3,8-11,13H2,1-2H3. The molecule has 29 heavy (non-hydrogen) atoms. The molecule has 3 aromatic rings. The van der Waals surface area contributed by atoms with Crippen LogP contribution in [-0.4, -0.2) is 56.3 Å². The Morgan fingerprint density at radius 1 is 1.07 bits per heavy atom. The lowest BCUT2D eigenvalue weighted by Gasteiger charge is -2.19. The van der Waals surface area contributed by atoms with Crippen molar-refractivity contribution in [1.29, 1.82) is 0 Å². The van der Waals surface area contributed by atoms with Gasteiger partial charge in [-0.15, -0.1) is 0 Å². The van der Waals surface area contributed by atoms with Crippen LogP contribution in [-0.2, 0) is 11.2 Å². The number of carbonyl (C=O) groups is 1. The molecule has 0 atom stereocenters. The summed E-state index contributed by atoms with van der Waals surface area (Å²) >= 11 is 0. The molecule has 2 aromatic carbocycles. The van der Waals surface area contributed by atoms with E-state index in [9.17, 15) is 4.79 Å². The first-order chi connectivity index (χ1) is 14.2. The van der Waals surface area contributed by atoms with E-state index < -0.39 is 0 Å². The summed E-state index contributed by atoms with van der Waals surface area (Å²) in [5, 5.41) is 0. The van der Waals surface area contributed by atoms with Gasteiger partial charge in [0.1, 0.15) is 5.52 Å². The minimum Gasteiger partial charge on any atom is -0.493 e. The van der Waals surface area contributed by atoms with Gasteiger partial charge in [-0.25, -0.2) is 4.98 Å². The van der Waals surface area contributed by atoms with Crippen molar-refractivity contribution in [3.8, 4) is 11.5 Å². The summed E-state index contributed by atoms with van der Waals surface area (Å²) in [5.41, 5.74) is 2.94. The van der Waals surface area contributed by atoms with Crippen molar-refractivity contribution in [1.82, 2.24) is 9.88 Å². The smallest absolute Gasteiger partial charge is 0.254 e. The molecule has 0 N–H and O–H groups in total. The number of nitrogens with zero attached hydrogens (tertiary/aromatic N) is 2. The first kappa shape index (κ1) is 19.3. The number of hydrogen-bond donors (Lipinski definition) is 0. The number of rotatable bonds is 5. The molecule has 0 unspecified atom stereocenters. The number of ether oxygens (including phenoxy) is 3. The van der Waals surface area contributed by atoms with E-state index in [0.29, 0.717) is 61.3 Å². The summed E-state index contributed by atoms with van der Waals surface area (Å²) in [6, 6.07) is 11.1. The molecule has 1 aromatic heterocycles. The monoisotopic (exact) mass is 396 g/mol. The Labute approximate surface area is 169 Å². The van der Waals surface area contributed by atoms with Crippen molar-refractivity contribution in [2.45, 2.75) is 12.8 Å². The highest BCUT2D eigenvalue weighted by Crippen LogP contribution is 2.29. The van der Waals surface area contributed by atoms with Crippen LogP contribution in [0.3, 0.4) is 0 Å². The van der Waals surface area contributed by atoms with Crippen LogP contribution in [0, 0.1) is 0 Å². The lowest BCUT2D eigenvalue weighted by molar-refractivity contribution is 0.0741. The summed E-state index contributed by atoms with van der Waals surface area (Å²) in [6.45, 7) is 2.59. The second-order valence-corrected chi connectivity index (χ2v) is 6.91. The first-order valence-electron chi connectivity index (χ1n) is 9.65. The number of carbonyl (C=O) groups excluding carboxylic acids is 1. The van der Waals surface area contributed by atoms with Crippen LogP contribution in [0.4, 0.5) is 0 Å². The van der Waals surface area contributed by atoms with Gasteiger partial charge >= 0.3 is 0 Å². The molecule has 0 spiro atoms. The van der Waals surface area contributed by atoms with E-state index in [4.69, 9.17) is 18.6 Å². The zero-order valence-corrected chi connectivity index (χ0v) is 16.6. The summed E-state index contributed by atoms with van der Waals surface area (Å²) < 4.78 is 22.0. The number of methoxy groups -OCH3 is 2. The van der Waals surface area contributed by atoms with Crippen LogP contribution in [0.25, 0.3) is 11.1 Å². The fourth-order valence-electron chi connectivity index (χ4n) is 3.48. The van der Waals surface area contributed by atoms with Crippen LogP contribution in [0.15, 0.2) is 40.8 Å². The van der Waals surface area contributed by atoms with Crippen molar-refractivity contribution in [2.24, 2.45) is 0 Å². The van der Waals surface area contributed by atoms with E-state index in [0.717, 1.165) is 17.5 Å². The maximum atomic E-state index is 12.8. The fourth-order valence-corrected chi connectivity index (χ4v) is 3.48. The third-order valence-corrected chi connectivity index (χ3v) is 4.99. The van der Waals surface area contributed by atoms with E-state index in [1.54, 1.807) is 26.4 Å². The van der Waals surface area contributed by atoms with Crippen LogP contribution < -0.4 is 9.47 Å². The number of fused-ring (bicyclic) bond motifs is 1. The van der Waals surface area contributed by atoms with Gasteiger partial charge in [0.25, 0.3) is 5.91 Å². The highest BCUT2D eigenvalue weighted by atomic mass is 16.5. The molecule has 1 saturated heterocycles. The molecule has 0 radical (unpaired) electrons. The van der Waals surface area contributed by atoms with Crippen LogP contribution in [0.1, 0.15) is 28.2 Å². The summed E-state index contributed by atoms with van der Waals surface area (Å²) in [5.74, 6) is 1.92. The average molecular weight is 396 g/mol. The van der Waals surface area contributed by atoms with Gasteiger partial charge in [-0.1, -0.05) is 6.07 Å². The summed E-state index contributed by atoms with van der Waals surface area (Å²) in [7, 11) is 3.21. The molecule has 7 nitrogen and oxygen atoms in total. The predicted octanol–water partition coefficient (Wildman–Crippen LogP) is 3.30. The first-order valence-corrected chi connectivity index (χ1v) is 9.65. The highest BCUT2D eigenvalue weighted by molar-refractivity contribution is 5.97. The van der Waals surface area contributed by atoms with Gasteiger partial charge in [0, 0.05) is 31.7 Å². The quantitative estimate of drug-likeness (QED) is 0.659. The number of aromatic nitrogens is 1. The van der Waals surface area contributed by atoms with Gasteiger partial charge in [-0.05, 0) is 42.3 Å². The van der Waals surface area contributed by atoms with E-state index in [1.165, 1.54) is 0 Å². The van der Waals surface area contributed by atoms with Gasteiger partial charge < -0.3 is 23.5 Å². The lowest BCUT2D eigenvalue weighted by Crippen LogP contribution is -2.33. The van der Waals surface area contributed by atoms with E-state index in [2.05, 4.69) is 4.98 Å². The maximum Gasteiger partial charge on any atom is 0.254 e. The number of benzene rings is 2. The number of amides is 1. The van der Waals surface area contributed by atoms with Crippen LogP contribution >= 0.6 is 0 Å². The highest BCUT2D eigenvalue weighted by Gasteiger charge is 2.19. The summed E-state index contributed by atoms with van der Waals surface area (Å²) in [4.78, 5) is 19.2. The molecule has 4 rings (SSSR count). The van der Waals surface area contributed by atoms with Crippen molar-refractivity contribution in [3.05, 3.63) is 53.4 Å². The molecular weight excluding hydrogens is 372 g/mol. The molecule has 0 saturated carbocycles. The predicted molar refractivity (Wildman–Crippen MR) is 108 cm³/mol. The van der Waals surface area contributed by atoms with Crippen molar-refractivity contribution < 1.29 is 23.4 Å². The van der Waals surface area contributed by atoms with Crippen molar-refractivity contribution in [2.75, 3.05) is 40.5 Å². The number of oxazole rings is 1. The van der Waals surface area contributed by atoms with E-state index in [-0.39, 0.29) is 5.91 Å². The molecule has 1 aliphatic rings. The molecule has 1 amide bonds. The Hall–Kier alpha value is -3.06. The van der Waals surface area contributed by atoms with Crippen LogP contribution in [0.5, 0.6) is 11.5 Å². The normalized spacial score (nSPS) is 14.6. The van der Waals surface area contributed by atoms with Gasteiger partial charge in [-0.3, -0.25) is 4.79 Å². The molecule has 0 aliphatic carbocycles. The van der Waals surface area contributed by atoms with Gasteiger partial charge in [0.05, 0.1) is 20.8 Å². The Balaban J connectivity index is 1.54. The van der Waals surface area contributed by atoms with Gasteiger partial charge in [0.15, 0.2) is 23.0 Å². The topological polar surface area (TPSA) is 74.0 Å². The van der Waals surface area contributed by atoms with Gasteiger partial charge in [-0.2, -0.15) is 0 Å². The van der Waals surface area contributed by atoms with Crippen molar-refractivity contribution in [3.63, 3.8) is 0 Å². The zero-order chi connectivity index (χ0) is 20.2. The molecular formula is C22H24N2O5.